The molecule has 0 bridgehead atoms. The second kappa shape index (κ2) is 6.35. The van der Waals surface area contributed by atoms with Gasteiger partial charge in [-0.2, -0.15) is 0 Å². The predicted molar refractivity (Wildman–Crippen MR) is 80.3 cm³/mol. The molecule has 0 saturated heterocycles. The molecule has 0 aliphatic heterocycles. The van der Waals surface area contributed by atoms with Gasteiger partial charge in [0.05, 0.1) is 5.02 Å². The number of aryl methyl sites for hydroxylation is 1. The summed E-state index contributed by atoms with van der Waals surface area (Å²) in [6.45, 7) is 2.00. The van der Waals surface area contributed by atoms with Crippen molar-refractivity contribution in [2.45, 2.75) is 6.92 Å². The third-order valence-electron chi connectivity index (χ3n) is 2.69. The Morgan fingerprint density at radius 3 is 2.55 bits per heavy atom. The predicted octanol–water partition coefficient (Wildman–Crippen LogP) is 4.44. The van der Waals surface area contributed by atoms with E-state index in [0.717, 1.165) is 11.1 Å². The van der Waals surface area contributed by atoms with E-state index in [1.165, 1.54) is 24.3 Å². The van der Waals surface area contributed by atoms with E-state index < -0.39 is 5.82 Å². The fraction of sp³-hybridized carbons (Fsp3) is 0.0625. The van der Waals surface area contributed by atoms with Crippen molar-refractivity contribution in [3.05, 3.63) is 70.5 Å². The lowest BCUT2D eigenvalue weighted by Crippen LogP contribution is -2.07. The number of amides is 1. The number of rotatable bonds is 3. The Balaban J connectivity index is 2.01. The van der Waals surface area contributed by atoms with Gasteiger partial charge in [0.2, 0.25) is 5.91 Å². The maximum Gasteiger partial charge on any atom is 0.248 e. The van der Waals surface area contributed by atoms with Crippen LogP contribution in [0.15, 0.2) is 48.5 Å². The normalized spacial score (nSPS) is 10.8. The molecule has 0 atom stereocenters. The lowest BCUT2D eigenvalue weighted by molar-refractivity contribution is -0.111. The quantitative estimate of drug-likeness (QED) is 0.832. The lowest BCUT2D eigenvalue weighted by Gasteiger charge is -2.03. The molecule has 0 spiro atoms. The number of nitrogens with one attached hydrogen (secondary N) is 1. The third-order valence-corrected chi connectivity index (χ3v) is 2.98. The molecule has 0 unspecified atom stereocenters. The molecule has 0 aliphatic rings. The molecule has 0 fully saturated rings. The summed E-state index contributed by atoms with van der Waals surface area (Å²) >= 11 is 5.64. The van der Waals surface area contributed by atoms with E-state index in [9.17, 15) is 9.18 Å². The third kappa shape index (κ3) is 3.93. The summed E-state index contributed by atoms with van der Waals surface area (Å²) in [5, 5.41) is 2.59. The Bertz CT molecular complexity index is 650. The minimum Gasteiger partial charge on any atom is -0.322 e. The lowest BCUT2D eigenvalue weighted by atomic mass is 10.1. The molecule has 2 rings (SSSR count). The minimum atomic E-state index is -0.514. The smallest absolute Gasteiger partial charge is 0.248 e. The number of hydrogen-bond donors (Lipinski definition) is 1. The van der Waals surface area contributed by atoms with Gasteiger partial charge in [-0.05, 0) is 36.8 Å². The van der Waals surface area contributed by atoms with Crippen LogP contribution in [-0.4, -0.2) is 5.91 Å². The van der Waals surface area contributed by atoms with Gasteiger partial charge in [-0.1, -0.05) is 41.4 Å². The highest BCUT2D eigenvalue weighted by molar-refractivity contribution is 6.31. The minimum absolute atomic E-state index is 0.0229. The van der Waals surface area contributed by atoms with Crippen LogP contribution in [0.3, 0.4) is 0 Å². The van der Waals surface area contributed by atoms with Gasteiger partial charge >= 0.3 is 0 Å². The Hall–Kier alpha value is -2.13. The number of hydrogen-bond acceptors (Lipinski definition) is 1. The van der Waals surface area contributed by atoms with E-state index >= 15 is 0 Å². The van der Waals surface area contributed by atoms with Crippen molar-refractivity contribution in [1.82, 2.24) is 0 Å². The largest absolute Gasteiger partial charge is 0.322 e. The number of carbonyl (C=O) groups is 1. The van der Waals surface area contributed by atoms with Crippen LogP contribution >= 0.6 is 11.6 Å². The molecule has 0 aromatic heterocycles. The highest BCUT2D eigenvalue weighted by atomic mass is 35.5. The zero-order chi connectivity index (χ0) is 14.5. The highest BCUT2D eigenvalue weighted by Crippen LogP contribution is 2.19. The first-order chi connectivity index (χ1) is 9.54. The fourth-order valence-corrected chi connectivity index (χ4v) is 1.79. The van der Waals surface area contributed by atoms with Gasteiger partial charge in [0.15, 0.2) is 0 Å². The first-order valence-electron chi connectivity index (χ1n) is 6.05. The first kappa shape index (κ1) is 14.3. The SMILES string of the molecule is Cc1ccc(C=CC(=O)Nc2ccc(F)c(Cl)c2)cc1. The van der Waals surface area contributed by atoms with Crippen molar-refractivity contribution < 1.29 is 9.18 Å². The van der Waals surface area contributed by atoms with Crippen LogP contribution in [0.4, 0.5) is 10.1 Å². The van der Waals surface area contributed by atoms with E-state index in [0.29, 0.717) is 5.69 Å². The molecular weight excluding hydrogens is 277 g/mol. The van der Waals surface area contributed by atoms with Gasteiger partial charge in [0.1, 0.15) is 5.82 Å². The van der Waals surface area contributed by atoms with E-state index in [-0.39, 0.29) is 10.9 Å². The molecule has 4 heteroatoms. The van der Waals surface area contributed by atoms with E-state index in [1.54, 1.807) is 6.08 Å². The summed E-state index contributed by atoms with van der Waals surface area (Å²) < 4.78 is 13.0. The van der Waals surface area contributed by atoms with Gasteiger partial charge in [0.25, 0.3) is 0 Å². The van der Waals surface area contributed by atoms with Crippen molar-refractivity contribution >= 4 is 29.3 Å². The number of carbonyl (C=O) groups excluding carboxylic acids is 1. The summed E-state index contributed by atoms with van der Waals surface area (Å²) in [5.41, 5.74) is 2.55. The summed E-state index contributed by atoms with van der Waals surface area (Å²) in [6.07, 6.45) is 3.13. The Labute approximate surface area is 121 Å². The Kier molecular flexibility index (Phi) is 4.53. The molecule has 20 heavy (non-hydrogen) atoms. The Morgan fingerprint density at radius 1 is 1.20 bits per heavy atom. The van der Waals surface area contributed by atoms with Crippen molar-refractivity contribution in [3.8, 4) is 0 Å². The second-order valence-electron chi connectivity index (χ2n) is 4.36. The zero-order valence-electron chi connectivity index (χ0n) is 10.9. The maximum atomic E-state index is 13.0. The van der Waals surface area contributed by atoms with Crippen molar-refractivity contribution in [3.63, 3.8) is 0 Å². The monoisotopic (exact) mass is 289 g/mol. The number of halogens is 2. The average Bonchev–Trinajstić information content (AvgIpc) is 2.42. The summed E-state index contributed by atoms with van der Waals surface area (Å²) in [5.74, 6) is -0.812. The van der Waals surface area contributed by atoms with Crippen LogP contribution in [0.25, 0.3) is 6.08 Å². The molecule has 0 aliphatic carbocycles. The molecule has 0 radical (unpaired) electrons. The van der Waals surface area contributed by atoms with Crippen LogP contribution in [0, 0.1) is 12.7 Å². The second-order valence-corrected chi connectivity index (χ2v) is 4.77. The number of benzene rings is 2. The molecule has 2 aromatic rings. The van der Waals surface area contributed by atoms with Gasteiger partial charge in [-0.3, -0.25) is 4.79 Å². The van der Waals surface area contributed by atoms with Crippen LogP contribution < -0.4 is 5.32 Å². The summed E-state index contributed by atoms with van der Waals surface area (Å²) in [4.78, 5) is 11.7. The maximum absolute atomic E-state index is 13.0. The van der Waals surface area contributed by atoms with Crippen LogP contribution in [0.2, 0.25) is 5.02 Å². The Morgan fingerprint density at radius 2 is 1.90 bits per heavy atom. The summed E-state index contributed by atoms with van der Waals surface area (Å²) in [6, 6.07) is 11.8. The van der Waals surface area contributed by atoms with Gasteiger partial charge in [-0.15, -0.1) is 0 Å². The van der Waals surface area contributed by atoms with Crippen molar-refractivity contribution in [2.24, 2.45) is 0 Å². The molecule has 102 valence electrons. The molecule has 0 saturated carbocycles. The van der Waals surface area contributed by atoms with Gasteiger partial charge < -0.3 is 5.32 Å². The summed E-state index contributed by atoms with van der Waals surface area (Å²) in [7, 11) is 0. The standard InChI is InChI=1S/C16H13ClFNO/c1-11-2-4-12(5-3-11)6-9-16(20)19-13-7-8-15(18)14(17)10-13/h2-10H,1H3,(H,19,20). The zero-order valence-corrected chi connectivity index (χ0v) is 11.6. The van der Waals surface area contributed by atoms with E-state index in [2.05, 4.69) is 5.32 Å². The molecule has 1 N–H and O–H groups in total. The van der Waals surface area contributed by atoms with Crippen LogP contribution in [-0.2, 0) is 4.79 Å². The first-order valence-corrected chi connectivity index (χ1v) is 6.43. The fourth-order valence-electron chi connectivity index (χ4n) is 1.61. The van der Waals surface area contributed by atoms with Crippen molar-refractivity contribution in [2.75, 3.05) is 5.32 Å². The molecule has 0 heterocycles. The molecule has 2 nitrogen and oxygen atoms in total. The molecule has 1 amide bonds. The highest BCUT2D eigenvalue weighted by Gasteiger charge is 2.02. The van der Waals surface area contributed by atoms with E-state index in [1.807, 2.05) is 31.2 Å². The molecule has 2 aromatic carbocycles. The van der Waals surface area contributed by atoms with Crippen LogP contribution in [0.5, 0.6) is 0 Å². The molecular formula is C16H13ClFNO. The topological polar surface area (TPSA) is 29.1 Å². The van der Waals surface area contributed by atoms with Gasteiger partial charge in [-0.25, -0.2) is 4.39 Å². The van der Waals surface area contributed by atoms with E-state index in [4.69, 9.17) is 11.6 Å². The van der Waals surface area contributed by atoms with Crippen molar-refractivity contribution in [1.29, 1.82) is 0 Å². The average molecular weight is 290 g/mol. The van der Waals surface area contributed by atoms with Gasteiger partial charge in [0, 0.05) is 11.8 Å². The number of anilines is 1. The van der Waals surface area contributed by atoms with Crippen LogP contribution in [0.1, 0.15) is 11.1 Å².